The Bertz CT molecular complexity index is 443. The molecule has 0 saturated carbocycles. The van der Waals surface area contributed by atoms with E-state index in [4.69, 9.17) is 10.5 Å². The van der Waals surface area contributed by atoms with Crippen LogP contribution in [0.25, 0.3) is 0 Å². The number of hydrogen-bond acceptors (Lipinski definition) is 5. The molecule has 2 heterocycles. The van der Waals surface area contributed by atoms with E-state index in [-0.39, 0.29) is 0 Å². The Hall–Kier alpha value is -1.56. The van der Waals surface area contributed by atoms with E-state index in [2.05, 4.69) is 9.47 Å². The number of aromatic nitrogens is 3. The second-order valence-electron chi connectivity index (χ2n) is 3.22. The molecule has 2 N–H and O–H groups in total. The topological polar surface area (TPSA) is 66.0 Å². The molecule has 2 rings (SSSR count). The number of aryl methyl sites for hydroxylation is 1. The van der Waals surface area contributed by atoms with E-state index < -0.39 is 0 Å². The molecule has 0 aliphatic carbocycles. The summed E-state index contributed by atoms with van der Waals surface area (Å²) in [5, 5.41) is 6.22. The first kappa shape index (κ1) is 9.97. The third-order valence-corrected chi connectivity index (χ3v) is 2.78. The molecule has 0 saturated heterocycles. The quantitative estimate of drug-likeness (QED) is 0.853. The summed E-state index contributed by atoms with van der Waals surface area (Å²) in [7, 11) is 1.61. The fourth-order valence-electron chi connectivity index (χ4n) is 1.31. The van der Waals surface area contributed by atoms with Crippen molar-refractivity contribution in [2.45, 2.75) is 13.5 Å². The minimum Gasteiger partial charge on any atom is -0.480 e. The number of nitrogens with two attached hydrogens (primary N) is 1. The Kier molecular flexibility index (Phi) is 2.59. The van der Waals surface area contributed by atoms with Crippen molar-refractivity contribution >= 4 is 17.2 Å². The average Bonchev–Trinajstić information content (AvgIpc) is 2.75. The zero-order chi connectivity index (χ0) is 10.8. The highest BCUT2D eigenvalue weighted by molar-refractivity contribution is 7.03. The van der Waals surface area contributed by atoms with Crippen molar-refractivity contribution in [2.24, 2.45) is 0 Å². The largest absolute Gasteiger partial charge is 0.480 e. The van der Waals surface area contributed by atoms with Gasteiger partial charge < -0.3 is 10.5 Å². The van der Waals surface area contributed by atoms with Crippen molar-refractivity contribution in [3.8, 4) is 5.88 Å². The Morgan fingerprint density at radius 1 is 1.60 bits per heavy atom. The molecule has 0 atom stereocenters. The highest BCUT2D eigenvalue weighted by Crippen LogP contribution is 2.20. The molecule has 0 aliphatic heterocycles. The summed E-state index contributed by atoms with van der Waals surface area (Å²) in [4.78, 5) is 0. The summed E-state index contributed by atoms with van der Waals surface area (Å²) in [5.74, 6) is 0.659. The lowest BCUT2D eigenvalue weighted by atomic mass is 10.3. The minimum atomic E-state index is 0.637. The van der Waals surface area contributed by atoms with Gasteiger partial charge in [0.05, 0.1) is 25.0 Å². The van der Waals surface area contributed by atoms with Crippen LogP contribution in [0.1, 0.15) is 11.3 Å². The molecule has 0 amide bonds. The lowest BCUT2D eigenvalue weighted by molar-refractivity contribution is 0.395. The van der Waals surface area contributed by atoms with Gasteiger partial charge in [-0.15, -0.1) is 0 Å². The molecule has 0 radical (unpaired) electrons. The number of nitrogen functional groups attached to an aromatic ring is 1. The Labute approximate surface area is 91.6 Å². The molecule has 0 unspecified atom stereocenters. The molecule has 6 heteroatoms. The van der Waals surface area contributed by atoms with Crippen molar-refractivity contribution in [3.63, 3.8) is 0 Å². The van der Waals surface area contributed by atoms with Gasteiger partial charge in [0.15, 0.2) is 0 Å². The molecular formula is C9H12N4OS. The summed E-state index contributed by atoms with van der Waals surface area (Å²) < 4.78 is 11.0. The molecule has 0 bridgehead atoms. The smallest absolute Gasteiger partial charge is 0.230 e. The summed E-state index contributed by atoms with van der Waals surface area (Å²) in [6.45, 7) is 2.52. The van der Waals surface area contributed by atoms with E-state index >= 15 is 0 Å². The van der Waals surface area contributed by atoms with Gasteiger partial charge in [-0.25, -0.2) is 0 Å². The molecule has 2 aromatic heterocycles. The highest BCUT2D eigenvalue weighted by atomic mass is 32.1. The van der Waals surface area contributed by atoms with E-state index in [0.717, 1.165) is 11.3 Å². The molecule has 5 nitrogen and oxygen atoms in total. The van der Waals surface area contributed by atoms with Crippen molar-refractivity contribution < 1.29 is 4.74 Å². The first-order valence-corrected chi connectivity index (χ1v) is 5.31. The maximum atomic E-state index is 5.71. The molecule has 2 aromatic rings. The van der Waals surface area contributed by atoms with Gasteiger partial charge in [-0.3, -0.25) is 4.68 Å². The maximum Gasteiger partial charge on any atom is 0.230 e. The Morgan fingerprint density at radius 2 is 2.40 bits per heavy atom. The minimum absolute atomic E-state index is 0.637. The van der Waals surface area contributed by atoms with E-state index in [1.165, 1.54) is 11.5 Å². The Balaban J connectivity index is 2.21. The second kappa shape index (κ2) is 3.90. The van der Waals surface area contributed by atoms with Gasteiger partial charge in [-0.05, 0) is 18.5 Å². The lowest BCUT2D eigenvalue weighted by Gasteiger charge is -2.00. The third-order valence-electron chi connectivity index (χ3n) is 2.12. The number of nitrogens with zero attached hydrogens (tertiary/aromatic N) is 3. The van der Waals surface area contributed by atoms with Crippen molar-refractivity contribution in [1.29, 1.82) is 0 Å². The normalized spacial score (nSPS) is 10.5. The Morgan fingerprint density at radius 3 is 3.00 bits per heavy atom. The molecule has 80 valence electrons. The van der Waals surface area contributed by atoms with Gasteiger partial charge in [-0.2, -0.15) is 9.47 Å². The van der Waals surface area contributed by atoms with Crippen LogP contribution in [0.2, 0.25) is 0 Å². The lowest BCUT2D eigenvalue weighted by Crippen LogP contribution is -2.01. The van der Waals surface area contributed by atoms with Crippen molar-refractivity contribution in [3.05, 3.63) is 22.8 Å². The highest BCUT2D eigenvalue weighted by Gasteiger charge is 2.08. The standard InChI is InChI=1S/C9H12N4OS/c1-6-8(10)4-13(11-6)3-7-5-15-12-9(7)14-2/h4-5H,3,10H2,1-2H3. The molecule has 0 spiro atoms. The van der Waals surface area contributed by atoms with Gasteiger partial charge in [0, 0.05) is 17.1 Å². The predicted molar refractivity (Wildman–Crippen MR) is 59.1 cm³/mol. The zero-order valence-electron chi connectivity index (χ0n) is 8.60. The fraction of sp³-hybridized carbons (Fsp3) is 0.333. The first-order chi connectivity index (χ1) is 7.20. The number of methoxy groups -OCH3 is 1. The molecule has 0 aliphatic rings. The molecular weight excluding hydrogens is 212 g/mol. The van der Waals surface area contributed by atoms with Crippen molar-refractivity contribution in [2.75, 3.05) is 12.8 Å². The predicted octanol–water partition coefficient (Wildman–Crippen LogP) is 1.29. The van der Waals surface area contributed by atoms with Gasteiger partial charge in [-0.1, -0.05) is 0 Å². The van der Waals surface area contributed by atoms with Crippen LogP contribution in [0.15, 0.2) is 11.6 Å². The average molecular weight is 224 g/mol. The SMILES string of the molecule is COc1nscc1Cn1cc(N)c(C)n1. The van der Waals surface area contributed by atoms with Crippen LogP contribution in [0, 0.1) is 6.92 Å². The van der Waals surface area contributed by atoms with Crippen LogP contribution in [0.3, 0.4) is 0 Å². The first-order valence-electron chi connectivity index (χ1n) is 4.47. The second-order valence-corrected chi connectivity index (χ2v) is 3.85. The summed E-state index contributed by atoms with van der Waals surface area (Å²) in [6.07, 6.45) is 1.81. The number of hydrogen-bond donors (Lipinski definition) is 1. The number of anilines is 1. The zero-order valence-corrected chi connectivity index (χ0v) is 9.41. The summed E-state index contributed by atoms with van der Waals surface area (Å²) in [6, 6.07) is 0. The summed E-state index contributed by atoms with van der Waals surface area (Å²) >= 11 is 1.37. The van der Waals surface area contributed by atoms with E-state index in [1.807, 2.05) is 18.5 Å². The monoisotopic (exact) mass is 224 g/mol. The van der Waals surface area contributed by atoms with E-state index in [1.54, 1.807) is 11.8 Å². The van der Waals surface area contributed by atoms with Gasteiger partial charge in [0.1, 0.15) is 0 Å². The maximum absolute atomic E-state index is 5.71. The fourth-order valence-corrected chi connectivity index (χ4v) is 1.95. The van der Waals surface area contributed by atoms with Crippen LogP contribution in [0.5, 0.6) is 5.88 Å². The van der Waals surface area contributed by atoms with Gasteiger partial charge in [0.25, 0.3) is 0 Å². The van der Waals surface area contributed by atoms with E-state index in [0.29, 0.717) is 18.1 Å². The molecule has 0 aromatic carbocycles. The van der Waals surface area contributed by atoms with Crippen LogP contribution in [-0.4, -0.2) is 21.3 Å². The third kappa shape index (κ3) is 1.94. The van der Waals surface area contributed by atoms with E-state index in [9.17, 15) is 0 Å². The van der Waals surface area contributed by atoms with Gasteiger partial charge in [0.2, 0.25) is 5.88 Å². The summed E-state index contributed by atoms with van der Waals surface area (Å²) in [5.41, 5.74) is 8.28. The van der Waals surface area contributed by atoms with Crippen LogP contribution >= 0.6 is 11.5 Å². The number of ether oxygens (including phenoxy) is 1. The van der Waals surface area contributed by atoms with Crippen LogP contribution < -0.4 is 10.5 Å². The van der Waals surface area contributed by atoms with Gasteiger partial charge >= 0.3 is 0 Å². The van der Waals surface area contributed by atoms with Crippen LogP contribution in [-0.2, 0) is 6.54 Å². The van der Waals surface area contributed by atoms with Crippen LogP contribution in [0.4, 0.5) is 5.69 Å². The molecule has 15 heavy (non-hydrogen) atoms. The van der Waals surface area contributed by atoms with Crippen molar-refractivity contribution in [1.82, 2.24) is 14.2 Å². The molecule has 0 fully saturated rings. The number of rotatable bonds is 3.